The van der Waals surface area contributed by atoms with Crippen molar-refractivity contribution in [2.45, 2.75) is 65.1 Å². The number of nitrogens with one attached hydrogen (secondary N) is 2. The van der Waals surface area contributed by atoms with Crippen LogP contribution in [0, 0.1) is 5.92 Å². The van der Waals surface area contributed by atoms with E-state index in [-0.39, 0.29) is 37.2 Å². The Bertz CT molecular complexity index is 1530. The van der Waals surface area contributed by atoms with E-state index in [1.54, 1.807) is 57.2 Å². The number of hydrogen-bond acceptors (Lipinski definition) is 7. The van der Waals surface area contributed by atoms with E-state index in [2.05, 4.69) is 10.6 Å². The number of hydrogen-bond donors (Lipinski definition) is 2. The summed E-state index contributed by atoms with van der Waals surface area (Å²) < 4.78 is 5.68. The SMILES string of the molecule is CC(C)C[C@H](N[C@H](CCN1C(=O)c2cc3ccccc3cc2C1=O)C(=O)OC(C)(C)C)C(=O)N(C)CC(=O)Nc1ccccc1. The summed E-state index contributed by atoms with van der Waals surface area (Å²) in [6.45, 7) is 8.89. The van der Waals surface area contributed by atoms with Gasteiger partial charge in [0.15, 0.2) is 0 Å². The Labute approximate surface area is 264 Å². The molecule has 238 valence electrons. The highest BCUT2D eigenvalue weighted by atomic mass is 16.6. The number of carbonyl (C=O) groups excluding carboxylic acids is 5. The molecule has 1 aliphatic heterocycles. The van der Waals surface area contributed by atoms with Crippen LogP contribution >= 0.6 is 0 Å². The molecule has 3 aromatic rings. The molecule has 2 atom stereocenters. The minimum absolute atomic E-state index is 0.0278. The normalized spacial score (nSPS) is 14.3. The highest BCUT2D eigenvalue weighted by Crippen LogP contribution is 2.28. The van der Waals surface area contributed by atoms with E-state index in [0.29, 0.717) is 23.2 Å². The number of nitrogens with zero attached hydrogens (tertiary/aromatic N) is 2. The lowest BCUT2D eigenvalue weighted by atomic mass is 10.0. The van der Waals surface area contributed by atoms with E-state index in [1.165, 1.54) is 11.9 Å². The van der Waals surface area contributed by atoms with Crippen molar-refractivity contribution >= 4 is 46.1 Å². The van der Waals surface area contributed by atoms with E-state index in [1.807, 2.05) is 44.2 Å². The fourth-order valence-corrected chi connectivity index (χ4v) is 5.32. The van der Waals surface area contributed by atoms with Crippen LogP contribution in [0.5, 0.6) is 0 Å². The van der Waals surface area contributed by atoms with Crippen LogP contribution < -0.4 is 10.6 Å². The summed E-state index contributed by atoms with van der Waals surface area (Å²) in [6.07, 6.45) is 0.405. The van der Waals surface area contributed by atoms with Gasteiger partial charge in [0.1, 0.15) is 11.6 Å². The number of carbonyl (C=O) groups is 5. The lowest BCUT2D eigenvalue weighted by Crippen LogP contribution is -2.54. The molecule has 1 aliphatic rings. The van der Waals surface area contributed by atoms with E-state index < -0.39 is 35.5 Å². The predicted molar refractivity (Wildman–Crippen MR) is 173 cm³/mol. The van der Waals surface area contributed by atoms with Crippen molar-refractivity contribution < 1.29 is 28.7 Å². The van der Waals surface area contributed by atoms with E-state index in [9.17, 15) is 24.0 Å². The first-order chi connectivity index (χ1) is 21.2. The molecule has 0 saturated heterocycles. The molecule has 0 saturated carbocycles. The molecule has 4 amide bonds. The maximum atomic E-state index is 13.7. The molecule has 0 fully saturated rings. The summed E-state index contributed by atoms with van der Waals surface area (Å²) in [7, 11) is 1.53. The van der Waals surface area contributed by atoms with Gasteiger partial charge in [0.05, 0.1) is 23.7 Å². The third-order valence-electron chi connectivity index (χ3n) is 7.39. The fourth-order valence-electron chi connectivity index (χ4n) is 5.32. The van der Waals surface area contributed by atoms with Crippen LogP contribution in [0.4, 0.5) is 5.69 Å². The van der Waals surface area contributed by atoms with Crippen molar-refractivity contribution in [2.75, 3.05) is 25.5 Å². The zero-order valence-electron chi connectivity index (χ0n) is 26.8. The molecule has 2 N–H and O–H groups in total. The quantitative estimate of drug-likeness (QED) is 0.225. The minimum atomic E-state index is -1.01. The summed E-state index contributed by atoms with van der Waals surface area (Å²) >= 11 is 0. The summed E-state index contributed by atoms with van der Waals surface area (Å²) in [4.78, 5) is 68.9. The molecule has 0 aromatic heterocycles. The summed E-state index contributed by atoms with van der Waals surface area (Å²) in [5.74, 6) is -2.11. The number of likely N-dealkylation sites (N-methyl/N-ethyl adjacent to an activating group) is 1. The fraction of sp³-hybridized carbons (Fsp3) is 0.400. The number of anilines is 1. The Kier molecular flexibility index (Phi) is 10.4. The molecular formula is C35H42N4O6. The van der Waals surface area contributed by atoms with Gasteiger partial charge in [-0.05, 0) is 74.6 Å². The number of para-hydroxylation sites is 1. The molecule has 0 aliphatic carbocycles. The van der Waals surface area contributed by atoms with E-state index in [4.69, 9.17) is 4.74 Å². The Morgan fingerprint density at radius 3 is 1.96 bits per heavy atom. The summed E-state index contributed by atoms with van der Waals surface area (Å²) in [5, 5.41) is 7.64. The molecule has 3 aromatic carbocycles. The van der Waals surface area contributed by atoms with Gasteiger partial charge in [-0.2, -0.15) is 0 Å². The molecule has 45 heavy (non-hydrogen) atoms. The second-order valence-electron chi connectivity index (χ2n) is 12.8. The Morgan fingerprint density at radius 1 is 0.867 bits per heavy atom. The third-order valence-corrected chi connectivity index (χ3v) is 7.39. The zero-order valence-corrected chi connectivity index (χ0v) is 26.8. The molecule has 1 heterocycles. The second kappa shape index (κ2) is 14.0. The Morgan fingerprint density at radius 2 is 1.42 bits per heavy atom. The van der Waals surface area contributed by atoms with Gasteiger partial charge in [0, 0.05) is 19.3 Å². The van der Waals surface area contributed by atoms with Crippen LogP contribution in [0.2, 0.25) is 0 Å². The lowest BCUT2D eigenvalue weighted by Gasteiger charge is -2.31. The lowest BCUT2D eigenvalue weighted by molar-refractivity contribution is -0.158. The third kappa shape index (κ3) is 8.54. The van der Waals surface area contributed by atoms with E-state index in [0.717, 1.165) is 15.7 Å². The standard InChI is InChI=1S/C35H42N4O6/c1-22(2)18-29(33(43)38(6)21-30(40)36-25-14-8-7-9-15-25)37-28(34(44)45-35(3,4)5)16-17-39-31(41)26-19-23-12-10-11-13-24(23)20-27(26)32(39)42/h7-15,19-20,22,28-29,37H,16-18,21H2,1-6H3,(H,36,40)/t28-,29+/m1/s1. The number of esters is 1. The van der Waals surface area contributed by atoms with Crippen LogP contribution in [0.15, 0.2) is 66.7 Å². The molecule has 0 spiro atoms. The molecule has 0 radical (unpaired) electrons. The van der Waals surface area contributed by atoms with Gasteiger partial charge in [-0.25, -0.2) is 0 Å². The van der Waals surface area contributed by atoms with Gasteiger partial charge in [-0.3, -0.25) is 34.2 Å². The largest absolute Gasteiger partial charge is 0.459 e. The van der Waals surface area contributed by atoms with Gasteiger partial charge in [-0.15, -0.1) is 0 Å². The van der Waals surface area contributed by atoms with Crippen molar-refractivity contribution in [3.8, 4) is 0 Å². The van der Waals surface area contributed by atoms with Crippen LogP contribution in [0.3, 0.4) is 0 Å². The first kappa shape index (κ1) is 33.3. The Hall–Kier alpha value is -4.57. The van der Waals surface area contributed by atoms with Crippen LogP contribution in [0.25, 0.3) is 10.8 Å². The number of imide groups is 1. The summed E-state index contributed by atoms with van der Waals surface area (Å²) in [6, 6.07) is 18.0. The van der Waals surface area contributed by atoms with Gasteiger partial charge in [0.25, 0.3) is 11.8 Å². The molecule has 0 bridgehead atoms. The highest BCUT2D eigenvalue weighted by Gasteiger charge is 2.38. The average Bonchev–Trinajstić information content (AvgIpc) is 3.20. The second-order valence-corrected chi connectivity index (χ2v) is 12.8. The van der Waals surface area contributed by atoms with Crippen LogP contribution in [0.1, 0.15) is 68.2 Å². The molecule has 10 heteroatoms. The van der Waals surface area contributed by atoms with Crippen molar-refractivity contribution in [3.63, 3.8) is 0 Å². The molecule has 0 unspecified atom stereocenters. The molecule has 10 nitrogen and oxygen atoms in total. The molecular weight excluding hydrogens is 572 g/mol. The van der Waals surface area contributed by atoms with Crippen molar-refractivity contribution in [1.29, 1.82) is 0 Å². The predicted octanol–water partition coefficient (Wildman–Crippen LogP) is 4.64. The van der Waals surface area contributed by atoms with Crippen molar-refractivity contribution in [2.24, 2.45) is 5.92 Å². The Balaban J connectivity index is 1.50. The van der Waals surface area contributed by atoms with Crippen molar-refractivity contribution in [1.82, 2.24) is 15.1 Å². The zero-order chi connectivity index (χ0) is 32.9. The van der Waals surface area contributed by atoms with Crippen LogP contribution in [-0.4, -0.2) is 77.2 Å². The molecule has 4 rings (SSSR count). The first-order valence-electron chi connectivity index (χ1n) is 15.2. The first-order valence-corrected chi connectivity index (χ1v) is 15.2. The van der Waals surface area contributed by atoms with Gasteiger partial charge < -0.3 is 15.0 Å². The monoisotopic (exact) mass is 614 g/mol. The maximum absolute atomic E-state index is 13.7. The average molecular weight is 615 g/mol. The van der Waals surface area contributed by atoms with Crippen molar-refractivity contribution in [3.05, 3.63) is 77.9 Å². The van der Waals surface area contributed by atoms with E-state index >= 15 is 0 Å². The number of fused-ring (bicyclic) bond motifs is 2. The smallest absolute Gasteiger partial charge is 0.323 e. The number of rotatable bonds is 12. The number of benzene rings is 3. The maximum Gasteiger partial charge on any atom is 0.323 e. The number of amides is 4. The number of ether oxygens (including phenoxy) is 1. The minimum Gasteiger partial charge on any atom is -0.459 e. The van der Waals surface area contributed by atoms with Gasteiger partial charge in [-0.1, -0.05) is 56.3 Å². The van der Waals surface area contributed by atoms with Gasteiger partial charge >= 0.3 is 5.97 Å². The van der Waals surface area contributed by atoms with Crippen LogP contribution in [-0.2, 0) is 19.1 Å². The summed E-state index contributed by atoms with van der Waals surface area (Å²) in [5.41, 5.74) is 0.454. The topological polar surface area (TPSA) is 125 Å². The van der Waals surface area contributed by atoms with Gasteiger partial charge in [0.2, 0.25) is 11.8 Å². The highest BCUT2D eigenvalue weighted by molar-refractivity contribution is 6.23.